The van der Waals surface area contributed by atoms with Crippen molar-refractivity contribution >= 4 is 17.5 Å². The van der Waals surface area contributed by atoms with E-state index in [-0.39, 0.29) is 5.91 Å². The third-order valence-corrected chi connectivity index (χ3v) is 4.20. The van der Waals surface area contributed by atoms with Crippen molar-refractivity contribution < 1.29 is 4.79 Å². The highest BCUT2D eigenvalue weighted by molar-refractivity contribution is 6.30. The fraction of sp³-hybridized carbons (Fsp3) is 0.176. The first-order valence-corrected chi connectivity index (χ1v) is 7.95. The Kier molecular flexibility index (Phi) is 3.54. The van der Waals surface area contributed by atoms with Crippen LogP contribution in [0.3, 0.4) is 0 Å². The van der Waals surface area contributed by atoms with E-state index in [4.69, 9.17) is 11.6 Å². The number of nitrogens with one attached hydrogen (secondary N) is 1. The van der Waals surface area contributed by atoms with Crippen LogP contribution in [-0.2, 0) is 6.54 Å². The largest absolute Gasteiger partial charge is 0.349 e. The second-order valence-corrected chi connectivity index (χ2v) is 6.06. The standard InChI is InChI=1S/C17H14ClN5O/c1-10-8-11(18)2-3-12(10)16-19-5-4-13(21-16)14-9-15-17(24)20-6-7-23(15)22-14/h2-5,8-9H,6-7H2,1H3,(H,20,24). The SMILES string of the molecule is Cc1cc(Cl)ccc1-c1nccc(-c2cc3n(n2)CCNC3=O)n1. The summed E-state index contributed by atoms with van der Waals surface area (Å²) < 4.78 is 1.71. The van der Waals surface area contributed by atoms with Gasteiger partial charge in [0, 0.05) is 23.3 Å². The molecule has 0 fully saturated rings. The molecule has 4 rings (SSSR count). The molecular formula is C17H14ClN5O. The second-order valence-electron chi connectivity index (χ2n) is 5.62. The molecule has 6 nitrogen and oxygen atoms in total. The van der Waals surface area contributed by atoms with Gasteiger partial charge in [0.1, 0.15) is 11.4 Å². The molecule has 0 saturated carbocycles. The minimum absolute atomic E-state index is 0.108. The minimum atomic E-state index is -0.108. The van der Waals surface area contributed by atoms with Crippen LogP contribution >= 0.6 is 11.6 Å². The van der Waals surface area contributed by atoms with Crippen molar-refractivity contribution in [2.45, 2.75) is 13.5 Å². The summed E-state index contributed by atoms with van der Waals surface area (Å²) in [6.45, 7) is 3.22. The quantitative estimate of drug-likeness (QED) is 0.779. The van der Waals surface area contributed by atoms with Crippen molar-refractivity contribution in [3.8, 4) is 22.8 Å². The lowest BCUT2D eigenvalue weighted by Gasteiger charge is -2.13. The van der Waals surface area contributed by atoms with Crippen molar-refractivity contribution in [2.75, 3.05) is 6.54 Å². The molecule has 3 heterocycles. The molecule has 0 aliphatic carbocycles. The van der Waals surface area contributed by atoms with Gasteiger partial charge in [-0.05, 0) is 42.8 Å². The highest BCUT2D eigenvalue weighted by atomic mass is 35.5. The smallest absolute Gasteiger partial charge is 0.269 e. The Morgan fingerprint density at radius 2 is 2.08 bits per heavy atom. The topological polar surface area (TPSA) is 72.7 Å². The molecule has 2 aromatic heterocycles. The molecule has 0 radical (unpaired) electrons. The van der Waals surface area contributed by atoms with Crippen molar-refractivity contribution in [1.29, 1.82) is 0 Å². The highest BCUT2D eigenvalue weighted by Crippen LogP contribution is 2.25. The monoisotopic (exact) mass is 339 g/mol. The van der Waals surface area contributed by atoms with Gasteiger partial charge in [0.25, 0.3) is 5.91 Å². The molecule has 3 aromatic rings. The molecule has 1 amide bonds. The third kappa shape index (κ3) is 2.55. The van der Waals surface area contributed by atoms with E-state index in [1.54, 1.807) is 23.0 Å². The maximum atomic E-state index is 11.9. The third-order valence-electron chi connectivity index (χ3n) is 3.97. The summed E-state index contributed by atoms with van der Waals surface area (Å²) in [4.78, 5) is 20.8. The zero-order valence-electron chi connectivity index (χ0n) is 13.0. The Morgan fingerprint density at radius 3 is 2.88 bits per heavy atom. The average Bonchev–Trinajstić information content (AvgIpc) is 3.01. The summed E-state index contributed by atoms with van der Waals surface area (Å²) in [7, 11) is 0. The number of rotatable bonds is 2. The summed E-state index contributed by atoms with van der Waals surface area (Å²) in [5.74, 6) is 0.500. The van der Waals surface area contributed by atoms with Crippen LogP contribution < -0.4 is 5.32 Å². The summed E-state index contributed by atoms with van der Waals surface area (Å²) >= 11 is 6.01. The predicted molar refractivity (Wildman–Crippen MR) is 90.8 cm³/mol. The zero-order chi connectivity index (χ0) is 16.7. The molecule has 1 N–H and O–H groups in total. The molecule has 7 heteroatoms. The van der Waals surface area contributed by atoms with Crippen LogP contribution in [0.1, 0.15) is 16.1 Å². The van der Waals surface area contributed by atoms with Crippen molar-refractivity contribution in [3.05, 3.63) is 52.8 Å². The maximum absolute atomic E-state index is 11.9. The van der Waals surface area contributed by atoms with Gasteiger partial charge in [-0.1, -0.05) is 11.6 Å². The van der Waals surface area contributed by atoms with Crippen LogP contribution in [0, 0.1) is 6.92 Å². The molecule has 0 spiro atoms. The molecule has 24 heavy (non-hydrogen) atoms. The molecule has 120 valence electrons. The van der Waals surface area contributed by atoms with Crippen LogP contribution in [-0.4, -0.2) is 32.2 Å². The summed E-state index contributed by atoms with van der Waals surface area (Å²) in [6.07, 6.45) is 1.70. The fourth-order valence-corrected chi connectivity index (χ4v) is 3.00. The van der Waals surface area contributed by atoms with E-state index in [0.29, 0.717) is 41.0 Å². The summed E-state index contributed by atoms with van der Waals surface area (Å²) in [6, 6.07) is 9.16. The fourth-order valence-electron chi connectivity index (χ4n) is 2.77. The Hall–Kier alpha value is -2.73. The van der Waals surface area contributed by atoms with E-state index in [9.17, 15) is 4.79 Å². The number of nitrogens with zero attached hydrogens (tertiary/aromatic N) is 4. The lowest BCUT2D eigenvalue weighted by molar-refractivity contribution is 0.0924. The lowest BCUT2D eigenvalue weighted by Crippen LogP contribution is -2.35. The lowest BCUT2D eigenvalue weighted by atomic mass is 10.1. The Morgan fingerprint density at radius 1 is 1.21 bits per heavy atom. The molecule has 1 aliphatic rings. The summed E-state index contributed by atoms with van der Waals surface area (Å²) in [5, 5.41) is 7.98. The van der Waals surface area contributed by atoms with Crippen LogP contribution in [0.4, 0.5) is 0 Å². The van der Waals surface area contributed by atoms with Gasteiger partial charge in [0.2, 0.25) is 0 Å². The van der Waals surface area contributed by atoms with Crippen LogP contribution in [0.15, 0.2) is 36.5 Å². The van der Waals surface area contributed by atoms with Crippen LogP contribution in [0.25, 0.3) is 22.8 Å². The number of carbonyl (C=O) groups is 1. The summed E-state index contributed by atoms with van der Waals surface area (Å²) in [5.41, 5.74) is 3.83. The molecule has 0 unspecified atom stereocenters. The number of hydrogen-bond donors (Lipinski definition) is 1. The first-order chi connectivity index (χ1) is 11.6. The maximum Gasteiger partial charge on any atom is 0.269 e. The highest BCUT2D eigenvalue weighted by Gasteiger charge is 2.20. The van der Waals surface area contributed by atoms with Gasteiger partial charge in [0.05, 0.1) is 12.2 Å². The number of hydrogen-bond acceptors (Lipinski definition) is 4. The zero-order valence-corrected chi connectivity index (χ0v) is 13.7. The van der Waals surface area contributed by atoms with E-state index in [1.165, 1.54) is 0 Å². The van der Waals surface area contributed by atoms with Crippen molar-refractivity contribution in [1.82, 2.24) is 25.1 Å². The number of amides is 1. The van der Waals surface area contributed by atoms with Gasteiger partial charge in [0.15, 0.2) is 5.82 Å². The van der Waals surface area contributed by atoms with E-state index >= 15 is 0 Å². The van der Waals surface area contributed by atoms with E-state index < -0.39 is 0 Å². The Bertz CT molecular complexity index is 950. The number of aryl methyl sites for hydroxylation is 1. The normalized spacial score (nSPS) is 13.5. The van der Waals surface area contributed by atoms with Gasteiger partial charge < -0.3 is 5.32 Å². The van der Waals surface area contributed by atoms with Crippen LogP contribution in [0.2, 0.25) is 5.02 Å². The number of aromatic nitrogens is 4. The molecule has 0 saturated heterocycles. The van der Waals surface area contributed by atoms with E-state index in [0.717, 1.165) is 11.1 Å². The predicted octanol–water partition coefficient (Wildman–Crippen LogP) is 2.71. The number of fused-ring (bicyclic) bond motifs is 1. The molecule has 0 atom stereocenters. The average molecular weight is 340 g/mol. The minimum Gasteiger partial charge on any atom is -0.349 e. The first-order valence-electron chi connectivity index (χ1n) is 7.58. The van der Waals surface area contributed by atoms with Gasteiger partial charge in [-0.15, -0.1) is 0 Å². The number of benzene rings is 1. The molecule has 1 aromatic carbocycles. The number of carbonyl (C=O) groups excluding carboxylic acids is 1. The van der Waals surface area contributed by atoms with E-state index in [2.05, 4.69) is 20.4 Å². The van der Waals surface area contributed by atoms with Gasteiger partial charge in [-0.3, -0.25) is 9.48 Å². The van der Waals surface area contributed by atoms with Gasteiger partial charge in [-0.25, -0.2) is 9.97 Å². The van der Waals surface area contributed by atoms with Crippen molar-refractivity contribution in [2.24, 2.45) is 0 Å². The second kappa shape index (κ2) is 5.72. The molecule has 0 bridgehead atoms. The Balaban J connectivity index is 1.77. The van der Waals surface area contributed by atoms with Gasteiger partial charge >= 0.3 is 0 Å². The van der Waals surface area contributed by atoms with Crippen LogP contribution in [0.5, 0.6) is 0 Å². The first kappa shape index (κ1) is 14.8. The number of halogens is 1. The van der Waals surface area contributed by atoms with Crippen molar-refractivity contribution in [3.63, 3.8) is 0 Å². The Labute approximate surface area is 143 Å². The van der Waals surface area contributed by atoms with Gasteiger partial charge in [-0.2, -0.15) is 5.10 Å². The molecule has 1 aliphatic heterocycles. The molecular weight excluding hydrogens is 326 g/mol. The van der Waals surface area contributed by atoms with E-state index in [1.807, 2.05) is 25.1 Å².